The van der Waals surface area contributed by atoms with Gasteiger partial charge in [-0.2, -0.15) is 0 Å². The molecule has 0 fully saturated rings. The van der Waals surface area contributed by atoms with Gasteiger partial charge in [0.15, 0.2) is 11.5 Å². The number of aromatic nitrogens is 2. The molecule has 2 rings (SSSR count). The highest BCUT2D eigenvalue weighted by atomic mass is 16.1. The fourth-order valence-electron chi connectivity index (χ4n) is 2.05. The Morgan fingerprint density at radius 2 is 1.74 bits per heavy atom. The Labute approximate surface area is 137 Å². The lowest BCUT2D eigenvalue weighted by Gasteiger charge is -2.19. The van der Waals surface area contributed by atoms with Crippen molar-refractivity contribution in [2.75, 3.05) is 11.9 Å². The molecule has 5 nitrogen and oxygen atoms in total. The van der Waals surface area contributed by atoms with Gasteiger partial charge < -0.3 is 10.6 Å². The molecule has 0 saturated heterocycles. The van der Waals surface area contributed by atoms with Crippen molar-refractivity contribution < 1.29 is 4.79 Å². The second kappa shape index (κ2) is 7.22. The first kappa shape index (κ1) is 16.9. The summed E-state index contributed by atoms with van der Waals surface area (Å²) in [6, 6.07) is 11.7. The summed E-state index contributed by atoms with van der Waals surface area (Å²) in [5, 5.41) is 14.0. The molecule has 0 atom stereocenters. The van der Waals surface area contributed by atoms with Crippen LogP contribution in [0.15, 0.2) is 36.4 Å². The molecule has 23 heavy (non-hydrogen) atoms. The van der Waals surface area contributed by atoms with E-state index in [9.17, 15) is 4.79 Å². The zero-order valence-corrected chi connectivity index (χ0v) is 14.2. The minimum atomic E-state index is -0.194. The molecule has 0 saturated carbocycles. The van der Waals surface area contributed by atoms with Crippen molar-refractivity contribution in [1.29, 1.82) is 0 Å². The fourth-order valence-corrected chi connectivity index (χ4v) is 2.05. The SMILES string of the molecule is CCCNC(=O)c1ccc(Nc2ccc(C(C)(C)C)cc2)nn1. The molecular formula is C18H24N4O. The lowest BCUT2D eigenvalue weighted by atomic mass is 9.87. The molecular weight excluding hydrogens is 288 g/mol. The lowest BCUT2D eigenvalue weighted by Crippen LogP contribution is -2.25. The van der Waals surface area contributed by atoms with Gasteiger partial charge in [0.05, 0.1) is 0 Å². The van der Waals surface area contributed by atoms with Gasteiger partial charge in [0, 0.05) is 12.2 Å². The minimum Gasteiger partial charge on any atom is -0.351 e. The summed E-state index contributed by atoms with van der Waals surface area (Å²) in [6.45, 7) is 9.19. The summed E-state index contributed by atoms with van der Waals surface area (Å²) in [6.07, 6.45) is 0.892. The molecule has 5 heteroatoms. The summed E-state index contributed by atoms with van der Waals surface area (Å²) in [5.41, 5.74) is 2.67. The molecule has 0 radical (unpaired) electrons. The molecule has 0 bridgehead atoms. The first-order valence-corrected chi connectivity index (χ1v) is 7.89. The Bertz CT molecular complexity index is 642. The molecule has 122 valence electrons. The van der Waals surface area contributed by atoms with Crippen LogP contribution in [0.5, 0.6) is 0 Å². The van der Waals surface area contributed by atoms with Crippen LogP contribution < -0.4 is 10.6 Å². The zero-order chi connectivity index (χ0) is 16.9. The van der Waals surface area contributed by atoms with E-state index < -0.39 is 0 Å². The van der Waals surface area contributed by atoms with Crippen molar-refractivity contribution in [1.82, 2.24) is 15.5 Å². The Kier molecular flexibility index (Phi) is 5.32. The van der Waals surface area contributed by atoms with E-state index in [1.165, 1.54) is 5.56 Å². The topological polar surface area (TPSA) is 66.9 Å². The van der Waals surface area contributed by atoms with Crippen molar-refractivity contribution >= 4 is 17.4 Å². The Morgan fingerprint density at radius 3 is 2.26 bits per heavy atom. The summed E-state index contributed by atoms with van der Waals surface area (Å²) in [5.74, 6) is 0.418. The Morgan fingerprint density at radius 1 is 1.04 bits per heavy atom. The van der Waals surface area contributed by atoms with Crippen LogP contribution in [-0.4, -0.2) is 22.6 Å². The molecule has 0 unspecified atom stereocenters. The molecule has 0 aliphatic carbocycles. The van der Waals surface area contributed by atoms with Gasteiger partial charge in [0.2, 0.25) is 0 Å². The van der Waals surface area contributed by atoms with E-state index in [0.29, 0.717) is 18.1 Å². The van der Waals surface area contributed by atoms with E-state index in [4.69, 9.17) is 0 Å². The third-order valence-corrected chi connectivity index (χ3v) is 3.46. The van der Waals surface area contributed by atoms with Gasteiger partial charge in [-0.15, -0.1) is 10.2 Å². The van der Waals surface area contributed by atoms with Crippen LogP contribution in [0.1, 0.15) is 50.2 Å². The number of hydrogen-bond donors (Lipinski definition) is 2. The van der Waals surface area contributed by atoms with Crippen LogP contribution in [0.3, 0.4) is 0 Å². The smallest absolute Gasteiger partial charge is 0.271 e. The highest BCUT2D eigenvalue weighted by Gasteiger charge is 2.13. The predicted octanol–water partition coefficient (Wildman–Crippen LogP) is 3.66. The largest absolute Gasteiger partial charge is 0.351 e. The summed E-state index contributed by atoms with van der Waals surface area (Å²) in [7, 11) is 0. The van der Waals surface area contributed by atoms with E-state index in [1.54, 1.807) is 12.1 Å². The number of rotatable bonds is 5. The maximum atomic E-state index is 11.8. The number of hydrogen-bond acceptors (Lipinski definition) is 4. The van der Waals surface area contributed by atoms with Gasteiger partial charge in [-0.05, 0) is 41.7 Å². The van der Waals surface area contributed by atoms with E-state index in [1.807, 2.05) is 19.1 Å². The van der Waals surface area contributed by atoms with Gasteiger partial charge >= 0.3 is 0 Å². The third-order valence-electron chi connectivity index (χ3n) is 3.46. The normalized spacial score (nSPS) is 11.1. The lowest BCUT2D eigenvalue weighted by molar-refractivity contribution is 0.0947. The van der Waals surface area contributed by atoms with Gasteiger partial charge in [0.1, 0.15) is 0 Å². The van der Waals surface area contributed by atoms with Gasteiger partial charge in [-0.25, -0.2) is 0 Å². The van der Waals surface area contributed by atoms with E-state index >= 15 is 0 Å². The highest BCUT2D eigenvalue weighted by molar-refractivity contribution is 5.92. The Hall–Kier alpha value is -2.43. The van der Waals surface area contributed by atoms with Crippen LogP contribution >= 0.6 is 0 Å². The molecule has 2 N–H and O–H groups in total. The highest BCUT2D eigenvalue weighted by Crippen LogP contribution is 2.24. The first-order chi connectivity index (χ1) is 10.9. The Balaban J connectivity index is 2.02. The van der Waals surface area contributed by atoms with Gasteiger partial charge in [-0.3, -0.25) is 4.79 Å². The number of amides is 1. The van der Waals surface area contributed by atoms with Crippen LogP contribution in [0, 0.1) is 0 Å². The summed E-state index contributed by atoms with van der Waals surface area (Å²) < 4.78 is 0. The van der Waals surface area contributed by atoms with E-state index in [0.717, 1.165) is 12.1 Å². The molecule has 1 aromatic heterocycles. The molecule has 1 heterocycles. The maximum absolute atomic E-state index is 11.8. The van der Waals surface area contributed by atoms with Gasteiger partial charge in [-0.1, -0.05) is 39.8 Å². The average molecular weight is 312 g/mol. The second-order valence-electron chi connectivity index (χ2n) is 6.51. The molecule has 1 aromatic carbocycles. The predicted molar refractivity (Wildman–Crippen MR) is 93.1 cm³/mol. The quantitative estimate of drug-likeness (QED) is 0.884. The van der Waals surface area contributed by atoms with Crippen LogP contribution in [0.25, 0.3) is 0 Å². The number of anilines is 2. The fraction of sp³-hybridized carbons (Fsp3) is 0.389. The van der Waals surface area contributed by atoms with Gasteiger partial charge in [0.25, 0.3) is 5.91 Å². The second-order valence-corrected chi connectivity index (χ2v) is 6.51. The monoisotopic (exact) mass is 312 g/mol. The number of nitrogens with zero attached hydrogens (tertiary/aromatic N) is 2. The molecule has 2 aromatic rings. The minimum absolute atomic E-state index is 0.131. The summed E-state index contributed by atoms with van der Waals surface area (Å²) in [4.78, 5) is 11.8. The first-order valence-electron chi connectivity index (χ1n) is 7.89. The molecule has 0 spiro atoms. The van der Waals surface area contributed by atoms with Crippen molar-refractivity contribution in [2.45, 2.75) is 39.5 Å². The van der Waals surface area contributed by atoms with E-state index in [-0.39, 0.29) is 11.3 Å². The van der Waals surface area contributed by atoms with E-state index in [2.05, 4.69) is 53.7 Å². The van der Waals surface area contributed by atoms with Crippen LogP contribution in [0.2, 0.25) is 0 Å². The summed E-state index contributed by atoms with van der Waals surface area (Å²) >= 11 is 0. The molecule has 1 amide bonds. The van der Waals surface area contributed by atoms with Crippen molar-refractivity contribution in [2.24, 2.45) is 0 Å². The molecule has 0 aliphatic heterocycles. The number of carbonyl (C=O) groups is 1. The van der Waals surface area contributed by atoms with Crippen molar-refractivity contribution in [3.63, 3.8) is 0 Å². The standard InChI is InChI=1S/C18H24N4O/c1-5-12-19-17(23)15-10-11-16(22-21-15)20-14-8-6-13(7-9-14)18(2,3)4/h6-11H,5,12H2,1-4H3,(H,19,23)(H,20,22). The molecule has 0 aliphatic rings. The zero-order valence-electron chi connectivity index (χ0n) is 14.2. The van der Waals surface area contributed by atoms with Crippen LogP contribution in [0.4, 0.5) is 11.5 Å². The number of nitrogens with one attached hydrogen (secondary N) is 2. The van der Waals surface area contributed by atoms with Crippen LogP contribution in [-0.2, 0) is 5.41 Å². The van der Waals surface area contributed by atoms with Crippen molar-refractivity contribution in [3.05, 3.63) is 47.7 Å². The average Bonchev–Trinajstić information content (AvgIpc) is 2.53. The third kappa shape index (κ3) is 4.77. The number of benzene rings is 1. The maximum Gasteiger partial charge on any atom is 0.271 e. The number of carbonyl (C=O) groups excluding carboxylic acids is 1. The van der Waals surface area contributed by atoms with Crippen molar-refractivity contribution in [3.8, 4) is 0 Å².